The Labute approximate surface area is 139 Å². The van der Waals surface area contributed by atoms with E-state index in [9.17, 15) is 13.8 Å². The first-order valence-corrected chi connectivity index (χ1v) is 9.34. The van der Waals surface area contributed by atoms with Crippen LogP contribution in [0, 0.1) is 19.8 Å². The molecule has 2 amide bonds. The average Bonchev–Trinajstić information content (AvgIpc) is 2.51. The fraction of sp³-hybridized carbons (Fsp3) is 0.529. The van der Waals surface area contributed by atoms with Gasteiger partial charge in [0, 0.05) is 29.6 Å². The number of rotatable bonds is 5. The number of nitrogens with two attached hydrogens (primary N) is 1. The minimum atomic E-state index is -1.25. The van der Waals surface area contributed by atoms with E-state index in [2.05, 4.69) is 0 Å². The smallest absolute Gasteiger partial charge is 0.235 e. The first-order chi connectivity index (χ1) is 10.9. The van der Waals surface area contributed by atoms with Crippen LogP contribution in [0.15, 0.2) is 18.2 Å². The first kappa shape index (κ1) is 17.7. The predicted octanol–water partition coefficient (Wildman–Crippen LogP) is 1.28. The third kappa shape index (κ3) is 4.89. The minimum Gasteiger partial charge on any atom is -0.369 e. The highest BCUT2D eigenvalue weighted by molar-refractivity contribution is 7.84. The Bertz CT molecular complexity index is 630. The van der Waals surface area contributed by atoms with Crippen molar-refractivity contribution in [2.45, 2.75) is 32.4 Å². The summed E-state index contributed by atoms with van der Waals surface area (Å²) in [6.45, 7) is 5.02. The molecule has 23 heavy (non-hydrogen) atoms. The lowest BCUT2D eigenvalue weighted by molar-refractivity contribution is -0.132. The lowest BCUT2D eigenvalue weighted by atomic mass is 9.97. The molecule has 0 spiro atoms. The second-order valence-electron chi connectivity index (χ2n) is 6.23. The van der Waals surface area contributed by atoms with Gasteiger partial charge in [-0.1, -0.05) is 18.2 Å². The van der Waals surface area contributed by atoms with Crippen molar-refractivity contribution in [1.82, 2.24) is 4.90 Å². The normalized spacial score (nSPS) is 19.4. The van der Waals surface area contributed by atoms with Crippen LogP contribution >= 0.6 is 0 Å². The molecule has 1 aliphatic rings. The third-order valence-corrected chi connectivity index (χ3v) is 5.58. The predicted molar refractivity (Wildman–Crippen MR) is 91.1 cm³/mol. The van der Waals surface area contributed by atoms with Gasteiger partial charge in [0.15, 0.2) is 0 Å². The summed E-state index contributed by atoms with van der Waals surface area (Å²) in [5, 5.41) is 0. The first-order valence-electron chi connectivity index (χ1n) is 7.85. The second-order valence-corrected chi connectivity index (χ2v) is 7.69. The van der Waals surface area contributed by atoms with Crippen LogP contribution in [0.25, 0.3) is 0 Å². The zero-order valence-electron chi connectivity index (χ0n) is 13.7. The Morgan fingerprint density at radius 1 is 1.30 bits per heavy atom. The summed E-state index contributed by atoms with van der Waals surface area (Å²) < 4.78 is 12.2. The molecule has 2 N–H and O–H groups in total. The van der Waals surface area contributed by atoms with Crippen LogP contribution in [0.5, 0.6) is 0 Å². The number of carbonyl (C=O) groups excluding carboxylic acids is 2. The van der Waals surface area contributed by atoms with Crippen LogP contribution in [0.4, 0.5) is 0 Å². The molecule has 2 atom stereocenters. The number of aryl methyl sites for hydroxylation is 2. The molecule has 1 aliphatic heterocycles. The Morgan fingerprint density at radius 2 is 2.04 bits per heavy atom. The maximum absolute atomic E-state index is 12.3. The summed E-state index contributed by atoms with van der Waals surface area (Å²) in [7, 11) is -1.25. The highest BCUT2D eigenvalue weighted by Gasteiger charge is 2.27. The fourth-order valence-corrected chi connectivity index (χ4v) is 3.91. The van der Waals surface area contributed by atoms with Crippen LogP contribution in [0.3, 0.4) is 0 Å². The van der Waals surface area contributed by atoms with Gasteiger partial charge in [0.1, 0.15) is 5.75 Å². The van der Waals surface area contributed by atoms with Crippen LogP contribution in [0.2, 0.25) is 0 Å². The SMILES string of the molecule is Cc1ccc(C[S@](=O)CC(=O)N2CCC[C@H](C(N)=O)C2)cc1C. The second kappa shape index (κ2) is 7.73. The van der Waals surface area contributed by atoms with Gasteiger partial charge >= 0.3 is 0 Å². The van der Waals surface area contributed by atoms with E-state index < -0.39 is 10.8 Å². The van der Waals surface area contributed by atoms with Gasteiger partial charge in [-0.3, -0.25) is 13.8 Å². The van der Waals surface area contributed by atoms with Crippen molar-refractivity contribution < 1.29 is 13.8 Å². The maximum Gasteiger partial charge on any atom is 0.235 e. The van der Waals surface area contributed by atoms with Gasteiger partial charge in [-0.05, 0) is 43.4 Å². The fourth-order valence-electron chi connectivity index (χ4n) is 2.80. The molecule has 0 unspecified atom stereocenters. The van der Waals surface area contributed by atoms with Crippen LogP contribution in [0.1, 0.15) is 29.5 Å². The number of hydrogen-bond acceptors (Lipinski definition) is 3. The lowest BCUT2D eigenvalue weighted by Crippen LogP contribution is -2.45. The van der Waals surface area contributed by atoms with Crippen LogP contribution in [-0.4, -0.2) is 39.8 Å². The molecule has 0 radical (unpaired) electrons. The van der Waals surface area contributed by atoms with Crippen LogP contribution < -0.4 is 5.73 Å². The van der Waals surface area contributed by atoms with Gasteiger partial charge in [0.05, 0.1) is 5.92 Å². The number of hydrogen-bond donors (Lipinski definition) is 1. The minimum absolute atomic E-state index is 0.00158. The van der Waals surface area contributed by atoms with Gasteiger partial charge in [-0.2, -0.15) is 0 Å². The Morgan fingerprint density at radius 3 is 2.70 bits per heavy atom. The highest BCUT2D eigenvalue weighted by atomic mass is 32.2. The number of primary amides is 1. The average molecular weight is 336 g/mol. The molecule has 1 saturated heterocycles. The number of nitrogens with zero attached hydrogens (tertiary/aromatic N) is 1. The summed E-state index contributed by atoms with van der Waals surface area (Å²) in [4.78, 5) is 25.2. The van der Waals surface area contributed by atoms with Gasteiger partial charge in [-0.15, -0.1) is 0 Å². The zero-order valence-corrected chi connectivity index (χ0v) is 14.5. The Hall–Kier alpha value is -1.69. The summed E-state index contributed by atoms with van der Waals surface area (Å²) in [6, 6.07) is 5.97. The molecule has 1 fully saturated rings. The molecule has 0 aliphatic carbocycles. The van der Waals surface area contributed by atoms with E-state index in [-0.39, 0.29) is 23.5 Å². The molecule has 0 saturated carbocycles. The van der Waals surface area contributed by atoms with Crippen molar-refractivity contribution in [3.8, 4) is 0 Å². The van der Waals surface area contributed by atoms with E-state index in [1.807, 2.05) is 32.0 Å². The number of likely N-dealkylation sites (tertiary alicyclic amines) is 1. The quantitative estimate of drug-likeness (QED) is 0.879. The largest absolute Gasteiger partial charge is 0.369 e. The van der Waals surface area contributed by atoms with Gasteiger partial charge in [-0.25, -0.2) is 0 Å². The van der Waals surface area contributed by atoms with Crippen molar-refractivity contribution in [2.24, 2.45) is 11.7 Å². The molecule has 2 rings (SSSR count). The van der Waals surface area contributed by atoms with Crippen molar-refractivity contribution in [3.63, 3.8) is 0 Å². The van der Waals surface area contributed by atoms with Gasteiger partial charge in [0.25, 0.3) is 0 Å². The summed E-state index contributed by atoms with van der Waals surface area (Å²) in [5.41, 5.74) is 8.66. The topological polar surface area (TPSA) is 80.5 Å². The molecular formula is C17H24N2O3S. The molecule has 1 aromatic carbocycles. The van der Waals surface area contributed by atoms with E-state index in [4.69, 9.17) is 5.73 Å². The lowest BCUT2D eigenvalue weighted by Gasteiger charge is -2.31. The number of amides is 2. The number of benzene rings is 1. The van der Waals surface area contributed by atoms with Gasteiger partial charge < -0.3 is 10.6 Å². The van der Waals surface area contributed by atoms with Crippen LogP contribution in [-0.2, 0) is 26.1 Å². The molecular weight excluding hydrogens is 312 g/mol. The van der Waals surface area contributed by atoms with Gasteiger partial charge in [0.2, 0.25) is 11.8 Å². The third-order valence-electron chi connectivity index (χ3n) is 4.36. The number of piperidine rings is 1. The molecule has 0 aromatic heterocycles. The summed E-state index contributed by atoms with van der Waals surface area (Å²) in [5.74, 6) is -0.420. The Balaban J connectivity index is 1.90. The highest BCUT2D eigenvalue weighted by Crippen LogP contribution is 2.17. The number of carbonyl (C=O) groups is 2. The van der Waals surface area contributed by atoms with E-state index in [1.54, 1.807) is 4.90 Å². The van der Waals surface area contributed by atoms with E-state index >= 15 is 0 Å². The molecule has 0 bridgehead atoms. The maximum atomic E-state index is 12.3. The van der Waals surface area contributed by atoms with E-state index in [1.165, 1.54) is 5.56 Å². The Kier molecular flexibility index (Phi) is 5.93. The molecule has 1 aromatic rings. The molecule has 6 heteroatoms. The summed E-state index contributed by atoms with van der Waals surface area (Å²) in [6.07, 6.45) is 1.49. The molecule has 1 heterocycles. The zero-order chi connectivity index (χ0) is 17.0. The van der Waals surface area contributed by atoms with Crippen molar-refractivity contribution in [2.75, 3.05) is 18.8 Å². The van der Waals surface area contributed by atoms with Crippen molar-refractivity contribution in [1.29, 1.82) is 0 Å². The van der Waals surface area contributed by atoms with E-state index in [0.717, 1.165) is 24.0 Å². The standard InChI is InChI=1S/C17H24N2O3S/c1-12-5-6-14(8-13(12)2)10-23(22)11-16(20)19-7-3-4-15(9-19)17(18)21/h5-6,8,15H,3-4,7,9-11H2,1-2H3,(H2,18,21)/t15-,23-/m0/s1. The van der Waals surface area contributed by atoms with Crippen molar-refractivity contribution >= 4 is 22.6 Å². The summed E-state index contributed by atoms with van der Waals surface area (Å²) >= 11 is 0. The van der Waals surface area contributed by atoms with E-state index in [0.29, 0.717) is 18.8 Å². The monoisotopic (exact) mass is 336 g/mol. The molecule has 5 nitrogen and oxygen atoms in total. The van der Waals surface area contributed by atoms with Crippen molar-refractivity contribution in [3.05, 3.63) is 34.9 Å². The molecule has 126 valence electrons.